The molecule has 0 radical (unpaired) electrons. The molecule has 0 amide bonds. The molecular weight excluding hydrogens is 477 g/mol. The predicted molar refractivity (Wildman–Crippen MR) is 121 cm³/mol. The number of para-hydroxylation sites is 1. The molecule has 182 valence electrons. The van der Waals surface area contributed by atoms with E-state index in [-0.39, 0.29) is 12.6 Å². The van der Waals surface area contributed by atoms with Crippen LogP contribution in [0.5, 0.6) is 0 Å². The Labute approximate surface area is 202 Å². The Morgan fingerprint density at radius 3 is 2.30 bits per heavy atom. The van der Waals surface area contributed by atoms with Crippen molar-refractivity contribution in [3.8, 4) is 0 Å². The lowest BCUT2D eigenvalue weighted by atomic mass is 10.1. The summed E-state index contributed by atoms with van der Waals surface area (Å²) in [5.74, 6) is -1.73. The zero-order valence-electron chi connectivity index (χ0n) is 18.9. The molecule has 1 N–H and O–H groups in total. The van der Waals surface area contributed by atoms with Gasteiger partial charge in [0.2, 0.25) is 0 Å². The number of nitrogens with one attached hydrogen (secondary N) is 1. The molecule has 12 heteroatoms. The van der Waals surface area contributed by atoms with Crippen molar-refractivity contribution in [2.75, 3.05) is 15.9 Å². The van der Waals surface area contributed by atoms with Crippen LogP contribution in [-0.4, -0.2) is 61.4 Å². The van der Waals surface area contributed by atoms with E-state index in [4.69, 9.17) is 42.3 Å². The van der Waals surface area contributed by atoms with Crippen molar-refractivity contribution in [3.63, 3.8) is 0 Å². The molecule has 0 spiro atoms. The Balaban J connectivity index is 2.07. The van der Waals surface area contributed by atoms with Gasteiger partial charge in [-0.1, -0.05) is 17.7 Å². The molecule has 2 aliphatic heterocycles. The highest BCUT2D eigenvalue weighted by atomic mass is 35.5. The summed E-state index contributed by atoms with van der Waals surface area (Å²) >= 11 is 13.1. The molecule has 1 aromatic carbocycles. The molecule has 0 aromatic heterocycles. The third-order valence-corrected chi connectivity index (χ3v) is 5.69. The lowest BCUT2D eigenvalue weighted by Crippen LogP contribution is -2.59. The number of rotatable bonds is 7. The minimum absolute atomic E-state index is 0.00141. The molecule has 0 saturated carbocycles. The summed E-state index contributed by atoms with van der Waals surface area (Å²) in [6.07, 6.45) is -4.55. The molecule has 1 fully saturated rings. The largest absolute Gasteiger partial charge is 0.463 e. The van der Waals surface area contributed by atoms with Crippen LogP contribution < -0.4 is 14.6 Å². The number of esters is 3. The van der Waals surface area contributed by atoms with Gasteiger partial charge < -0.3 is 23.8 Å². The third kappa shape index (κ3) is 5.46. The second-order valence-electron chi connectivity index (χ2n) is 8.04. The summed E-state index contributed by atoms with van der Waals surface area (Å²) in [5.41, 5.74) is 1.16. The topological polar surface area (TPSA) is 107 Å². The van der Waals surface area contributed by atoms with E-state index in [2.05, 4.69) is 5.32 Å². The molecule has 2 heterocycles. The van der Waals surface area contributed by atoms with Gasteiger partial charge in [-0.25, -0.2) is 4.42 Å². The quantitative estimate of drug-likeness (QED) is 0.338. The van der Waals surface area contributed by atoms with E-state index in [0.29, 0.717) is 16.4 Å². The molecule has 2 unspecified atom stereocenters. The number of ether oxygens (including phenoxy) is 4. The zero-order valence-corrected chi connectivity index (χ0v) is 20.4. The van der Waals surface area contributed by atoms with Crippen LogP contribution in [-0.2, 0) is 33.3 Å². The number of nitrogens with zero attached hydrogens (tertiary/aromatic N) is 2. The van der Waals surface area contributed by atoms with E-state index < -0.39 is 48.7 Å². The molecule has 3 rings (SSSR count). The third-order valence-electron chi connectivity index (χ3n) is 5.03. The Hall–Kier alpha value is -2.27. The fraction of sp³-hybridized carbons (Fsp3) is 0.571. The van der Waals surface area contributed by atoms with Gasteiger partial charge in [-0.2, -0.15) is 0 Å². The smallest absolute Gasteiger partial charge is 0.303 e. The first-order valence-electron chi connectivity index (χ1n) is 10.4. The number of carbonyl (C=O) groups is 3. The number of hydrogen-bond acceptors (Lipinski definition) is 10. The van der Waals surface area contributed by atoms with Gasteiger partial charge in [0.05, 0.1) is 16.4 Å². The zero-order chi connectivity index (χ0) is 24.4. The standard InChI is InChI=1S/C21H27Cl2N3O7/c1-10(2)24-21-25(15-8-6-7-14(22)17(15)26(21)23)20-19(32-13(5)29)18(31-12(4)28)16(33-20)9-30-11(3)27/h6-8,10,16,18-21,24H,9H2,1-5H3/t16-,18-,19-,20?,21?/m0/s1. The lowest BCUT2D eigenvalue weighted by Gasteiger charge is -2.37. The first-order chi connectivity index (χ1) is 15.5. The van der Waals surface area contributed by atoms with Crippen LogP contribution in [0.2, 0.25) is 5.02 Å². The maximum absolute atomic E-state index is 12.0. The SMILES string of the molecule is CC(=O)OC[C@@H]1OC(N2c3cccc(Cl)c3N(Cl)C2NC(C)C)[C@@H](OC(C)=O)[C@H]1OC(C)=O. The molecule has 1 saturated heterocycles. The average Bonchev–Trinajstić information content (AvgIpc) is 3.15. The highest BCUT2D eigenvalue weighted by Gasteiger charge is 2.55. The Kier molecular flexibility index (Phi) is 7.94. The van der Waals surface area contributed by atoms with E-state index in [1.165, 1.54) is 25.2 Å². The maximum Gasteiger partial charge on any atom is 0.303 e. The second kappa shape index (κ2) is 10.3. The van der Waals surface area contributed by atoms with Gasteiger partial charge >= 0.3 is 17.9 Å². The van der Waals surface area contributed by atoms with Crippen molar-refractivity contribution in [2.45, 2.75) is 71.5 Å². The van der Waals surface area contributed by atoms with Crippen LogP contribution in [0, 0.1) is 0 Å². The lowest BCUT2D eigenvalue weighted by molar-refractivity contribution is -0.165. The maximum atomic E-state index is 12.0. The highest BCUT2D eigenvalue weighted by Crippen LogP contribution is 2.48. The number of carbonyl (C=O) groups excluding carboxylic acids is 3. The molecule has 33 heavy (non-hydrogen) atoms. The molecule has 2 aliphatic rings. The second-order valence-corrected chi connectivity index (χ2v) is 8.81. The van der Waals surface area contributed by atoms with Gasteiger partial charge in [0.15, 0.2) is 24.7 Å². The highest BCUT2D eigenvalue weighted by molar-refractivity contribution is 6.38. The van der Waals surface area contributed by atoms with Crippen molar-refractivity contribution in [3.05, 3.63) is 23.2 Å². The van der Waals surface area contributed by atoms with Crippen LogP contribution in [0.1, 0.15) is 34.6 Å². The summed E-state index contributed by atoms with van der Waals surface area (Å²) in [6, 6.07) is 5.26. The molecule has 0 bridgehead atoms. The normalized spacial score (nSPS) is 26.4. The molecule has 1 aromatic rings. The Morgan fingerprint density at radius 1 is 1.09 bits per heavy atom. The van der Waals surface area contributed by atoms with Gasteiger partial charge in [0.1, 0.15) is 12.7 Å². The van der Waals surface area contributed by atoms with Crippen LogP contribution in [0.15, 0.2) is 18.2 Å². The van der Waals surface area contributed by atoms with E-state index in [1.54, 1.807) is 23.1 Å². The number of fused-ring (bicyclic) bond motifs is 1. The van der Waals surface area contributed by atoms with E-state index >= 15 is 0 Å². The fourth-order valence-electron chi connectivity index (χ4n) is 3.92. The number of hydrogen-bond donors (Lipinski definition) is 1. The monoisotopic (exact) mass is 503 g/mol. The van der Waals surface area contributed by atoms with Crippen molar-refractivity contribution < 1.29 is 33.3 Å². The number of benzene rings is 1. The van der Waals surface area contributed by atoms with E-state index in [0.717, 1.165) is 0 Å². The van der Waals surface area contributed by atoms with Crippen molar-refractivity contribution in [1.29, 1.82) is 0 Å². The number of anilines is 2. The number of halogens is 2. The van der Waals surface area contributed by atoms with Crippen LogP contribution >= 0.6 is 23.4 Å². The minimum Gasteiger partial charge on any atom is -0.463 e. The first kappa shape index (κ1) is 25.4. The van der Waals surface area contributed by atoms with Gasteiger partial charge in [-0.15, -0.1) is 0 Å². The van der Waals surface area contributed by atoms with E-state index in [9.17, 15) is 14.4 Å². The molecule has 0 aliphatic carbocycles. The first-order valence-corrected chi connectivity index (χ1v) is 11.1. The van der Waals surface area contributed by atoms with Gasteiger partial charge in [-0.3, -0.25) is 19.7 Å². The average molecular weight is 504 g/mol. The summed E-state index contributed by atoms with van der Waals surface area (Å²) in [4.78, 5) is 37.0. The Bertz CT molecular complexity index is 916. The van der Waals surface area contributed by atoms with Crippen LogP contribution in [0.4, 0.5) is 11.4 Å². The van der Waals surface area contributed by atoms with Crippen LogP contribution in [0.3, 0.4) is 0 Å². The van der Waals surface area contributed by atoms with E-state index in [1.807, 2.05) is 13.8 Å². The van der Waals surface area contributed by atoms with Gasteiger partial charge in [0.25, 0.3) is 0 Å². The minimum atomic E-state index is -1.04. The van der Waals surface area contributed by atoms with Gasteiger partial charge in [-0.05, 0) is 26.0 Å². The molecule has 5 atom stereocenters. The summed E-state index contributed by atoms with van der Waals surface area (Å²) < 4.78 is 23.8. The van der Waals surface area contributed by atoms with Crippen molar-refractivity contribution in [2.24, 2.45) is 0 Å². The predicted octanol–water partition coefficient (Wildman–Crippen LogP) is 2.55. The summed E-state index contributed by atoms with van der Waals surface area (Å²) in [7, 11) is 0. The Morgan fingerprint density at radius 2 is 1.73 bits per heavy atom. The molecule has 10 nitrogen and oxygen atoms in total. The molecular formula is C21H27Cl2N3O7. The van der Waals surface area contributed by atoms with Crippen molar-refractivity contribution in [1.82, 2.24) is 5.32 Å². The van der Waals surface area contributed by atoms with Gasteiger partial charge in [0, 0.05) is 38.6 Å². The summed E-state index contributed by atoms with van der Waals surface area (Å²) in [6.45, 7) is 7.41. The summed E-state index contributed by atoms with van der Waals surface area (Å²) in [5, 5.41) is 3.75. The van der Waals surface area contributed by atoms with Crippen molar-refractivity contribution >= 4 is 52.7 Å². The van der Waals surface area contributed by atoms with Crippen LogP contribution in [0.25, 0.3) is 0 Å². The fourth-order valence-corrected chi connectivity index (χ4v) is 4.56.